The van der Waals surface area contributed by atoms with Gasteiger partial charge in [0.2, 0.25) is 5.91 Å². The van der Waals surface area contributed by atoms with Gasteiger partial charge in [-0.25, -0.2) is 0 Å². The number of carbonyl (C=O) groups excluding carboxylic acids is 2. The van der Waals surface area contributed by atoms with Crippen molar-refractivity contribution in [3.05, 3.63) is 60.8 Å². The van der Waals surface area contributed by atoms with Crippen molar-refractivity contribution >= 4 is 11.9 Å². The van der Waals surface area contributed by atoms with Crippen LogP contribution in [0.15, 0.2) is 60.8 Å². The quantitative estimate of drug-likeness (QED) is 0.0195. The molecule has 0 aromatic rings. The van der Waals surface area contributed by atoms with E-state index in [2.05, 4.69) is 74.7 Å². The van der Waals surface area contributed by atoms with Crippen LogP contribution in [-0.2, 0) is 23.8 Å². The summed E-state index contributed by atoms with van der Waals surface area (Å²) in [6.45, 7) is 5.78. The molecule has 0 aliphatic carbocycles. The van der Waals surface area contributed by atoms with E-state index in [9.17, 15) is 35.1 Å². The normalized spacial score (nSPS) is 19.0. The molecule has 82 heavy (non-hydrogen) atoms. The van der Waals surface area contributed by atoms with Gasteiger partial charge in [-0.1, -0.05) is 300 Å². The number of ether oxygens (including phenoxy) is 3. The van der Waals surface area contributed by atoms with Gasteiger partial charge in [0.1, 0.15) is 24.4 Å². The number of unbranched alkanes of at least 4 members (excludes halogenated alkanes) is 37. The van der Waals surface area contributed by atoms with E-state index in [0.29, 0.717) is 12.8 Å². The minimum Gasteiger partial charge on any atom is -0.454 e. The SMILES string of the molecule is CCCCC/C=C\C/C=C\C/C=C\C/C=C\CCCCC(O)C(=O)NC(COC1OC(CO)C(O)C(O)C1OC(=O)CCCCCCCCCCCCCCCCCCCCCCCCC)C(O)/C=C/CCCCCCCCCCCC. The van der Waals surface area contributed by atoms with Gasteiger partial charge >= 0.3 is 5.97 Å². The predicted octanol–water partition coefficient (Wildman–Crippen LogP) is 17.3. The maximum atomic E-state index is 13.4. The highest BCUT2D eigenvalue weighted by Gasteiger charge is 2.47. The molecule has 0 radical (unpaired) electrons. The van der Waals surface area contributed by atoms with Crippen molar-refractivity contribution in [3.8, 4) is 0 Å². The third kappa shape index (κ3) is 45.7. The number of hydrogen-bond acceptors (Lipinski definition) is 10. The first-order valence-corrected chi connectivity index (χ1v) is 34.6. The third-order valence-corrected chi connectivity index (χ3v) is 16.2. The van der Waals surface area contributed by atoms with Gasteiger partial charge in [-0.3, -0.25) is 9.59 Å². The summed E-state index contributed by atoms with van der Waals surface area (Å²) < 4.78 is 17.7. The van der Waals surface area contributed by atoms with E-state index in [4.69, 9.17) is 14.2 Å². The maximum Gasteiger partial charge on any atom is 0.306 e. The topological polar surface area (TPSA) is 175 Å². The minimum atomic E-state index is -1.62. The standard InChI is InChI=1S/C71H129NO10/c1-4-7-10-13-16-19-22-25-27-29-31-32-33-34-35-37-39-41-44-47-50-53-56-59-66(76)82-69-68(78)67(77)65(60-73)81-71(69)80-61-62(63(74)57-54-51-48-45-42-24-21-18-15-12-9-6-3)72-70(79)64(75)58-55-52-49-46-43-40-38-36-30-28-26-23-20-17-14-11-8-5-2/h17,20,26,28,36,38,43,46,54,57,62-65,67-69,71,73-75,77-78H,4-16,18-19,21-25,27,29-35,37,39-42,44-45,47-53,55-56,58-61H2,1-3H3,(H,72,79)/b20-17-,28-26-,38-36-,46-43-,57-54+. The van der Waals surface area contributed by atoms with Crippen molar-refractivity contribution in [3.63, 3.8) is 0 Å². The van der Waals surface area contributed by atoms with Crippen LogP contribution in [0.4, 0.5) is 0 Å². The van der Waals surface area contributed by atoms with E-state index in [0.717, 1.165) is 77.0 Å². The number of allylic oxidation sites excluding steroid dienone is 9. The zero-order chi connectivity index (χ0) is 59.6. The molecule has 1 heterocycles. The van der Waals surface area contributed by atoms with E-state index in [-0.39, 0.29) is 19.4 Å². The van der Waals surface area contributed by atoms with E-state index in [1.807, 2.05) is 6.08 Å². The molecule has 1 rings (SSSR count). The molecule has 11 heteroatoms. The summed E-state index contributed by atoms with van der Waals surface area (Å²) in [7, 11) is 0. The molecule has 8 atom stereocenters. The van der Waals surface area contributed by atoms with Gasteiger partial charge in [-0.05, 0) is 70.6 Å². The lowest BCUT2D eigenvalue weighted by molar-refractivity contribution is -0.305. The number of nitrogens with one attached hydrogen (secondary N) is 1. The first kappa shape index (κ1) is 77.4. The molecule has 0 aromatic carbocycles. The van der Waals surface area contributed by atoms with Crippen molar-refractivity contribution in [1.82, 2.24) is 5.32 Å². The lowest BCUT2D eigenvalue weighted by atomic mass is 9.99. The van der Waals surface area contributed by atoms with Gasteiger partial charge in [-0.2, -0.15) is 0 Å². The molecule has 1 aliphatic heterocycles. The molecular weight excluding hydrogens is 1030 g/mol. The van der Waals surface area contributed by atoms with Crippen molar-refractivity contribution in [2.24, 2.45) is 0 Å². The Morgan fingerprint density at radius 2 is 0.841 bits per heavy atom. The lowest BCUT2D eigenvalue weighted by Crippen LogP contribution is -2.61. The van der Waals surface area contributed by atoms with Crippen LogP contribution in [-0.4, -0.2) is 99.6 Å². The summed E-state index contributed by atoms with van der Waals surface area (Å²) in [4.78, 5) is 26.6. The summed E-state index contributed by atoms with van der Waals surface area (Å²) in [5.41, 5.74) is 0. The highest BCUT2D eigenvalue weighted by atomic mass is 16.7. The summed E-state index contributed by atoms with van der Waals surface area (Å²) in [5.74, 6) is -1.22. The monoisotopic (exact) mass is 1160 g/mol. The number of carbonyl (C=O) groups is 2. The second-order valence-electron chi connectivity index (χ2n) is 23.9. The highest BCUT2D eigenvalue weighted by molar-refractivity contribution is 5.80. The first-order valence-electron chi connectivity index (χ1n) is 34.6. The largest absolute Gasteiger partial charge is 0.454 e. The smallest absolute Gasteiger partial charge is 0.306 e. The van der Waals surface area contributed by atoms with Gasteiger partial charge in [-0.15, -0.1) is 0 Å². The zero-order valence-electron chi connectivity index (χ0n) is 53.1. The van der Waals surface area contributed by atoms with E-state index in [1.165, 1.54) is 193 Å². The number of hydrogen-bond donors (Lipinski definition) is 6. The molecular formula is C71H129NO10. The Balaban J connectivity index is 2.61. The van der Waals surface area contributed by atoms with E-state index in [1.54, 1.807) is 6.08 Å². The summed E-state index contributed by atoms with van der Waals surface area (Å²) in [6.07, 6.45) is 64.1. The number of esters is 1. The molecule has 8 unspecified atom stereocenters. The lowest BCUT2D eigenvalue weighted by Gasteiger charge is -2.41. The summed E-state index contributed by atoms with van der Waals surface area (Å²) in [6, 6.07) is -1.04. The van der Waals surface area contributed by atoms with Crippen LogP contribution in [0.5, 0.6) is 0 Å². The highest BCUT2D eigenvalue weighted by Crippen LogP contribution is 2.26. The molecule has 0 saturated carbocycles. The Hall–Kier alpha value is -2.64. The van der Waals surface area contributed by atoms with Gasteiger partial charge in [0, 0.05) is 6.42 Å². The Morgan fingerprint density at radius 1 is 0.476 bits per heavy atom. The average molecular weight is 1160 g/mol. The molecule has 1 saturated heterocycles. The third-order valence-electron chi connectivity index (χ3n) is 16.2. The van der Waals surface area contributed by atoms with Crippen LogP contribution >= 0.6 is 0 Å². The molecule has 6 N–H and O–H groups in total. The maximum absolute atomic E-state index is 13.4. The molecule has 11 nitrogen and oxygen atoms in total. The number of rotatable bonds is 59. The van der Waals surface area contributed by atoms with Gasteiger partial charge in [0.05, 0.1) is 25.4 Å². The van der Waals surface area contributed by atoms with Crippen LogP contribution in [0, 0.1) is 0 Å². The Morgan fingerprint density at radius 3 is 1.28 bits per heavy atom. The fourth-order valence-electron chi connectivity index (χ4n) is 10.7. The second kappa shape index (κ2) is 58.7. The minimum absolute atomic E-state index is 0.122. The molecule has 0 bridgehead atoms. The fraction of sp³-hybridized carbons (Fsp3) is 0.831. The molecule has 1 amide bonds. The zero-order valence-corrected chi connectivity index (χ0v) is 53.1. The summed E-state index contributed by atoms with van der Waals surface area (Å²) >= 11 is 0. The van der Waals surface area contributed by atoms with Gasteiger partial charge in [0.25, 0.3) is 0 Å². The molecule has 1 fully saturated rings. The molecule has 0 spiro atoms. The van der Waals surface area contributed by atoms with Crippen LogP contribution < -0.4 is 5.32 Å². The van der Waals surface area contributed by atoms with Gasteiger partial charge in [0.15, 0.2) is 12.4 Å². The van der Waals surface area contributed by atoms with Crippen molar-refractivity contribution < 1.29 is 49.3 Å². The fourth-order valence-corrected chi connectivity index (χ4v) is 10.7. The Labute approximate surface area is 503 Å². The van der Waals surface area contributed by atoms with Crippen LogP contribution in [0.3, 0.4) is 0 Å². The molecule has 478 valence electrons. The molecule has 1 aliphatic rings. The van der Waals surface area contributed by atoms with Crippen LogP contribution in [0.1, 0.15) is 316 Å². The first-order chi connectivity index (χ1) is 40.2. The van der Waals surface area contributed by atoms with Gasteiger partial charge < -0.3 is 45.1 Å². The summed E-state index contributed by atoms with van der Waals surface area (Å²) in [5, 5.41) is 57.1. The van der Waals surface area contributed by atoms with E-state index >= 15 is 0 Å². The average Bonchev–Trinajstić information content (AvgIpc) is 3.68. The van der Waals surface area contributed by atoms with E-state index < -0.39 is 67.4 Å². The number of amides is 1. The van der Waals surface area contributed by atoms with Crippen molar-refractivity contribution in [1.29, 1.82) is 0 Å². The molecule has 0 aromatic heterocycles. The van der Waals surface area contributed by atoms with Crippen LogP contribution in [0.2, 0.25) is 0 Å². The second-order valence-corrected chi connectivity index (χ2v) is 23.9. The predicted molar refractivity (Wildman–Crippen MR) is 343 cm³/mol. The Kier molecular flexibility index (Phi) is 55.4. The number of aliphatic hydroxyl groups is 5. The number of aliphatic hydroxyl groups excluding tert-OH is 5. The van der Waals surface area contributed by atoms with Crippen LogP contribution in [0.25, 0.3) is 0 Å². The van der Waals surface area contributed by atoms with Crippen molar-refractivity contribution in [2.75, 3.05) is 13.2 Å². The van der Waals surface area contributed by atoms with Crippen molar-refractivity contribution in [2.45, 2.75) is 365 Å². The Bertz CT molecular complexity index is 1560.